The van der Waals surface area contributed by atoms with Crippen LogP contribution in [0.25, 0.3) is 11.0 Å². The molecule has 7 heteroatoms. The molecule has 0 atom stereocenters. The number of carboxylic acid groups (broad SMARTS) is 1. The van der Waals surface area contributed by atoms with Gasteiger partial charge in [-0.25, -0.2) is 9.18 Å². The molecule has 0 spiro atoms. The molecule has 0 saturated carbocycles. The van der Waals surface area contributed by atoms with E-state index in [9.17, 15) is 18.8 Å². The summed E-state index contributed by atoms with van der Waals surface area (Å²) in [5.74, 6) is -2.53. The van der Waals surface area contributed by atoms with Gasteiger partial charge in [-0.2, -0.15) is 0 Å². The van der Waals surface area contributed by atoms with Crippen LogP contribution in [0.5, 0.6) is 0 Å². The zero-order valence-electron chi connectivity index (χ0n) is 10.2. The second kappa shape index (κ2) is 5.52. The van der Waals surface area contributed by atoms with Gasteiger partial charge < -0.3 is 14.8 Å². The minimum Gasteiger partial charge on any atom is -0.481 e. The number of fused-ring (bicyclic) bond motifs is 1. The van der Waals surface area contributed by atoms with Gasteiger partial charge in [-0.15, -0.1) is 0 Å². The molecule has 2 rings (SSSR count). The highest BCUT2D eigenvalue weighted by atomic mass is 19.1. The smallest absolute Gasteiger partial charge is 0.349 e. The monoisotopic (exact) mass is 279 g/mol. The van der Waals surface area contributed by atoms with E-state index < -0.39 is 23.3 Å². The van der Waals surface area contributed by atoms with Gasteiger partial charge in [0.05, 0.1) is 6.42 Å². The van der Waals surface area contributed by atoms with Gasteiger partial charge in [-0.3, -0.25) is 9.59 Å². The van der Waals surface area contributed by atoms with Crippen molar-refractivity contribution in [2.75, 3.05) is 6.54 Å². The summed E-state index contributed by atoms with van der Waals surface area (Å²) in [5, 5.41) is 11.0. The zero-order valence-corrected chi connectivity index (χ0v) is 10.2. The van der Waals surface area contributed by atoms with E-state index in [0.717, 1.165) is 6.07 Å². The Hall–Kier alpha value is -2.70. The molecule has 0 unspecified atom stereocenters. The molecule has 1 aromatic carbocycles. The lowest BCUT2D eigenvalue weighted by atomic mass is 10.1. The molecular weight excluding hydrogens is 269 g/mol. The van der Waals surface area contributed by atoms with Crippen LogP contribution < -0.4 is 10.9 Å². The van der Waals surface area contributed by atoms with E-state index in [2.05, 4.69) is 5.32 Å². The SMILES string of the molecule is O=C(O)CCNC(=O)c1cc2cccc(F)c2oc1=O. The van der Waals surface area contributed by atoms with Crippen LogP contribution in [-0.2, 0) is 4.79 Å². The third-order valence-electron chi connectivity index (χ3n) is 2.58. The quantitative estimate of drug-likeness (QED) is 0.818. The molecule has 1 aromatic heterocycles. The van der Waals surface area contributed by atoms with Crippen molar-refractivity contribution in [1.82, 2.24) is 5.32 Å². The van der Waals surface area contributed by atoms with Crippen molar-refractivity contribution in [3.63, 3.8) is 0 Å². The van der Waals surface area contributed by atoms with Gasteiger partial charge >= 0.3 is 11.6 Å². The maximum Gasteiger partial charge on any atom is 0.349 e. The molecule has 2 N–H and O–H groups in total. The first kappa shape index (κ1) is 13.7. The Morgan fingerprint density at radius 2 is 2.10 bits per heavy atom. The predicted molar refractivity (Wildman–Crippen MR) is 67.0 cm³/mol. The van der Waals surface area contributed by atoms with Crippen LogP contribution in [0.1, 0.15) is 16.8 Å². The average Bonchev–Trinajstić information content (AvgIpc) is 2.38. The van der Waals surface area contributed by atoms with Crippen LogP contribution in [0, 0.1) is 5.82 Å². The Bertz CT molecular complexity index is 737. The third-order valence-corrected chi connectivity index (χ3v) is 2.58. The molecule has 1 amide bonds. The maximum atomic E-state index is 13.4. The Balaban J connectivity index is 2.30. The molecule has 0 bridgehead atoms. The molecule has 0 aliphatic heterocycles. The summed E-state index contributed by atoms with van der Waals surface area (Å²) in [6, 6.07) is 5.26. The van der Waals surface area contributed by atoms with Crippen molar-refractivity contribution in [2.45, 2.75) is 6.42 Å². The maximum absolute atomic E-state index is 13.4. The number of hydrogen-bond donors (Lipinski definition) is 2. The molecule has 0 radical (unpaired) electrons. The molecule has 2 aromatic rings. The third kappa shape index (κ3) is 2.82. The normalized spacial score (nSPS) is 10.4. The number of carboxylic acids is 1. The number of halogens is 1. The molecule has 1 heterocycles. The topological polar surface area (TPSA) is 96.6 Å². The van der Waals surface area contributed by atoms with Crippen LogP contribution >= 0.6 is 0 Å². The van der Waals surface area contributed by atoms with Crippen molar-refractivity contribution in [3.8, 4) is 0 Å². The molecule has 6 nitrogen and oxygen atoms in total. The molecule has 0 aliphatic rings. The molecule has 104 valence electrons. The van der Waals surface area contributed by atoms with E-state index in [1.54, 1.807) is 0 Å². The van der Waals surface area contributed by atoms with Crippen LogP contribution in [0.3, 0.4) is 0 Å². The van der Waals surface area contributed by atoms with Gasteiger partial charge in [0.25, 0.3) is 5.91 Å². The molecule has 0 aliphatic carbocycles. The highest BCUT2D eigenvalue weighted by Crippen LogP contribution is 2.16. The van der Waals surface area contributed by atoms with Crippen molar-refractivity contribution < 1.29 is 23.5 Å². The molecule has 20 heavy (non-hydrogen) atoms. The number of nitrogens with one attached hydrogen (secondary N) is 1. The largest absolute Gasteiger partial charge is 0.481 e. The van der Waals surface area contributed by atoms with Crippen LogP contribution in [0.4, 0.5) is 4.39 Å². The standard InChI is InChI=1S/C13H10FNO5/c14-9-3-1-2-7-6-8(13(19)20-11(7)9)12(18)15-5-4-10(16)17/h1-3,6H,4-5H2,(H,15,18)(H,16,17). The highest BCUT2D eigenvalue weighted by molar-refractivity contribution is 5.96. The summed E-state index contributed by atoms with van der Waals surface area (Å²) in [7, 11) is 0. The summed E-state index contributed by atoms with van der Waals surface area (Å²) in [6.45, 7) is -0.116. The number of carbonyl (C=O) groups excluding carboxylic acids is 1. The first-order chi connectivity index (χ1) is 9.49. The number of aliphatic carboxylic acids is 1. The Morgan fingerprint density at radius 1 is 1.35 bits per heavy atom. The molecule has 0 fully saturated rings. The van der Waals surface area contributed by atoms with E-state index in [0.29, 0.717) is 0 Å². The molecule has 0 saturated heterocycles. The second-order valence-electron chi connectivity index (χ2n) is 4.01. The van der Waals surface area contributed by atoms with Crippen molar-refractivity contribution in [2.24, 2.45) is 0 Å². The van der Waals surface area contributed by atoms with E-state index in [4.69, 9.17) is 9.52 Å². The first-order valence-corrected chi connectivity index (χ1v) is 5.71. The number of hydrogen-bond acceptors (Lipinski definition) is 4. The van der Waals surface area contributed by atoms with Crippen molar-refractivity contribution >= 4 is 22.8 Å². The van der Waals surface area contributed by atoms with E-state index in [1.165, 1.54) is 18.2 Å². The number of para-hydroxylation sites is 1. The summed E-state index contributed by atoms with van der Waals surface area (Å²) < 4.78 is 18.2. The van der Waals surface area contributed by atoms with Crippen LogP contribution in [0.15, 0.2) is 33.5 Å². The Morgan fingerprint density at radius 3 is 2.80 bits per heavy atom. The van der Waals surface area contributed by atoms with Gasteiger partial charge in [0.1, 0.15) is 5.56 Å². The van der Waals surface area contributed by atoms with Crippen molar-refractivity contribution in [1.29, 1.82) is 0 Å². The van der Waals surface area contributed by atoms with Gasteiger partial charge in [0.15, 0.2) is 11.4 Å². The minimum absolute atomic E-state index is 0.116. The van der Waals surface area contributed by atoms with Gasteiger partial charge in [-0.05, 0) is 12.1 Å². The number of rotatable bonds is 4. The van der Waals surface area contributed by atoms with Crippen LogP contribution in [0.2, 0.25) is 0 Å². The van der Waals surface area contributed by atoms with Gasteiger partial charge in [0.2, 0.25) is 0 Å². The summed E-state index contributed by atoms with van der Waals surface area (Å²) in [6.07, 6.45) is -0.265. The zero-order chi connectivity index (χ0) is 14.7. The Labute approximate surface area is 111 Å². The van der Waals surface area contributed by atoms with Gasteiger partial charge in [0, 0.05) is 11.9 Å². The van der Waals surface area contributed by atoms with E-state index in [-0.39, 0.29) is 29.5 Å². The fraction of sp³-hybridized carbons (Fsp3) is 0.154. The number of amides is 1. The lowest BCUT2D eigenvalue weighted by Gasteiger charge is -2.04. The number of benzene rings is 1. The minimum atomic E-state index is -1.07. The summed E-state index contributed by atoms with van der Waals surface area (Å²) >= 11 is 0. The van der Waals surface area contributed by atoms with E-state index in [1.807, 2.05) is 0 Å². The lowest BCUT2D eigenvalue weighted by molar-refractivity contribution is -0.136. The predicted octanol–water partition coefficient (Wildman–Crippen LogP) is 1.14. The van der Waals surface area contributed by atoms with Gasteiger partial charge in [-0.1, -0.05) is 12.1 Å². The van der Waals surface area contributed by atoms with E-state index >= 15 is 0 Å². The summed E-state index contributed by atoms with van der Waals surface area (Å²) in [5.41, 5.74) is -1.50. The van der Waals surface area contributed by atoms with Crippen molar-refractivity contribution in [3.05, 3.63) is 46.1 Å². The second-order valence-corrected chi connectivity index (χ2v) is 4.01. The highest BCUT2D eigenvalue weighted by Gasteiger charge is 2.15. The Kier molecular flexibility index (Phi) is 3.79. The first-order valence-electron chi connectivity index (χ1n) is 5.71. The lowest BCUT2D eigenvalue weighted by Crippen LogP contribution is -2.30. The average molecular weight is 279 g/mol. The fourth-order valence-corrected chi connectivity index (χ4v) is 1.65. The summed E-state index contributed by atoms with van der Waals surface area (Å²) in [4.78, 5) is 33.7. The fourth-order valence-electron chi connectivity index (χ4n) is 1.65. The molecular formula is C13H10FNO5. The number of carbonyl (C=O) groups is 2. The van der Waals surface area contributed by atoms with Crippen LogP contribution in [-0.4, -0.2) is 23.5 Å².